The largest absolute Gasteiger partial charge is 0.497 e. The zero-order chi connectivity index (χ0) is 26.4. The fourth-order valence-electron chi connectivity index (χ4n) is 4.54. The highest BCUT2D eigenvalue weighted by molar-refractivity contribution is 7.99. The van der Waals surface area contributed by atoms with Crippen LogP contribution in [0.3, 0.4) is 0 Å². The van der Waals surface area contributed by atoms with E-state index >= 15 is 0 Å². The van der Waals surface area contributed by atoms with Crippen LogP contribution in [0.1, 0.15) is 53.1 Å². The number of alkyl halides is 3. The highest BCUT2D eigenvalue weighted by atomic mass is 32.2. The van der Waals surface area contributed by atoms with Gasteiger partial charge in [0.2, 0.25) is 5.91 Å². The molecule has 200 valence electrons. The van der Waals surface area contributed by atoms with Crippen molar-refractivity contribution in [3.05, 3.63) is 65.2 Å². The van der Waals surface area contributed by atoms with Crippen molar-refractivity contribution in [1.82, 2.24) is 15.5 Å². The Morgan fingerprint density at radius 3 is 2.35 bits per heavy atom. The fourth-order valence-corrected chi connectivity index (χ4v) is 5.46. The van der Waals surface area contributed by atoms with Gasteiger partial charge in [0.05, 0.1) is 12.7 Å². The Hall–Kier alpha value is -2.72. The molecule has 0 aromatic heterocycles. The monoisotopic (exact) mass is 535 g/mol. The first-order chi connectivity index (χ1) is 17.8. The summed E-state index contributed by atoms with van der Waals surface area (Å²) in [7, 11) is 1.64. The standard InChI is InChI=1S/C27H32F3N3O3S/c1-36-21-11-7-18(8-12-21)22-15-23(22)31-17-37-16-24(26(35)33-13-3-2-4-14-33)32-25(34)19-5-9-20(10-6-19)27(28,29)30/h5-12,22-24,31H,2-4,13-17H2,1H3,(H,32,34). The third-order valence-electron chi connectivity index (χ3n) is 6.81. The lowest BCUT2D eigenvalue weighted by Crippen LogP contribution is -2.51. The molecule has 1 aliphatic carbocycles. The third kappa shape index (κ3) is 7.41. The van der Waals surface area contributed by atoms with Crippen molar-refractivity contribution in [2.75, 3.05) is 31.8 Å². The molecule has 10 heteroatoms. The minimum atomic E-state index is -4.47. The van der Waals surface area contributed by atoms with Gasteiger partial charge in [-0.3, -0.25) is 9.59 Å². The number of hydrogen-bond acceptors (Lipinski definition) is 5. The molecule has 0 spiro atoms. The topological polar surface area (TPSA) is 70.7 Å². The number of halogens is 3. The number of benzene rings is 2. The van der Waals surface area contributed by atoms with E-state index in [-0.39, 0.29) is 11.5 Å². The quantitative estimate of drug-likeness (QED) is 0.342. The van der Waals surface area contributed by atoms with Gasteiger partial charge in [0.15, 0.2) is 0 Å². The van der Waals surface area contributed by atoms with Crippen LogP contribution in [-0.2, 0) is 11.0 Å². The normalized spacial score (nSPS) is 20.3. The summed E-state index contributed by atoms with van der Waals surface area (Å²) in [6, 6.07) is 11.7. The Balaban J connectivity index is 1.31. The molecule has 6 nitrogen and oxygen atoms in total. The summed E-state index contributed by atoms with van der Waals surface area (Å²) in [5, 5.41) is 6.27. The zero-order valence-corrected chi connectivity index (χ0v) is 21.5. The van der Waals surface area contributed by atoms with Crippen molar-refractivity contribution in [2.24, 2.45) is 0 Å². The number of rotatable bonds is 10. The molecule has 2 N–H and O–H groups in total. The van der Waals surface area contributed by atoms with Gasteiger partial charge in [0, 0.05) is 42.2 Å². The Bertz CT molecular complexity index is 1060. The van der Waals surface area contributed by atoms with E-state index in [0.29, 0.717) is 36.7 Å². The van der Waals surface area contributed by atoms with Crippen LogP contribution >= 0.6 is 11.8 Å². The van der Waals surface area contributed by atoms with Crippen LogP contribution in [0.25, 0.3) is 0 Å². The van der Waals surface area contributed by atoms with Gasteiger partial charge >= 0.3 is 6.18 Å². The maximum absolute atomic E-state index is 13.2. The molecule has 1 aliphatic heterocycles. The minimum Gasteiger partial charge on any atom is -0.497 e. The number of carbonyl (C=O) groups is 2. The number of piperidine rings is 1. The van der Waals surface area contributed by atoms with E-state index in [1.54, 1.807) is 12.0 Å². The van der Waals surface area contributed by atoms with Gasteiger partial charge in [-0.1, -0.05) is 12.1 Å². The van der Waals surface area contributed by atoms with E-state index in [0.717, 1.165) is 55.7 Å². The predicted molar refractivity (Wildman–Crippen MR) is 138 cm³/mol. The second-order valence-corrected chi connectivity index (χ2v) is 10.5. The Morgan fingerprint density at radius 1 is 1.05 bits per heavy atom. The lowest BCUT2D eigenvalue weighted by atomic mass is 10.1. The summed E-state index contributed by atoms with van der Waals surface area (Å²) in [6.07, 6.45) is -0.516. The summed E-state index contributed by atoms with van der Waals surface area (Å²) in [4.78, 5) is 27.8. The van der Waals surface area contributed by atoms with Crippen molar-refractivity contribution in [1.29, 1.82) is 0 Å². The van der Waals surface area contributed by atoms with E-state index in [2.05, 4.69) is 22.8 Å². The van der Waals surface area contributed by atoms with Gasteiger partial charge in [-0.2, -0.15) is 13.2 Å². The molecule has 4 rings (SSSR count). The van der Waals surface area contributed by atoms with Crippen LogP contribution < -0.4 is 15.4 Å². The number of nitrogens with one attached hydrogen (secondary N) is 2. The number of methoxy groups -OCH3 is 1. The second-order valence-electron chi connectivity index (χ2n) is 9.43. The minimum absolute atomic E-state index is 0.0906. The highest BCUT2D eigenvalue weighted by Gasteiger charge is 2.38. The number of likely N-dealkylation sites (tertiary alicyclic amines) is 1. The number of hydrogen-bond donors (Lipinski definition) is 2. The van der Waals surface area contributed by atoms with Crippen LogP contribution in [0.2, 0.25) is 0 Å². The van der Waals surface area contributed by atoms with Crippen molar-refractivity contribution < 1.29 is 27.5 Å². The summed E-state index contributed by atoms with van der Waals surface area (Å²) in [5.74, 6) is 1.56. The lowest BCUT2D eigenvalue weighted by Gasteiger charge is -2.30. The van der Waals surface area contributed by atoms with Crippen LogP contribution in [0, 0.1) is 0 Å². The number of amides is 2. The second kappa shape index (κ2) is 12.2. The molecule has 37 heavy (non-hydrogen) atoms. The molecule has 2 fully saturated rings. The van der Waals surface area contributed by atoms with E-state index in [1.807, 2.05) is 12.1 Å². The Morgan fingerprint density at radius 2 is 1.73 bits per heavy atom. The van der Waals surface area contributed by atoms with Crippen LogP contribution in [0.15, 0.2) is 48.5 Å². The maximum Gasteiger partial charge on any atom is 0.416 e. The molecule has 2 aromatic carbocycles. The smallest absolute Gasteiger partial charge is 0.416 e. The van der Waals surface area contributed by atoms with Crippen molar-refractivity contribution >= 4 is 23.6 Å². The van der Waals surface area contributed by atoms with Crippen molar-refractivity contribution in [2.45, 2.75) is 49.9 Å². The average molecular weight is 536 g/mol. The molecule has 2 aliphatic rings. The first-order valence-electron chi connectivity index (χ1n) is 12.5. The van der Waals surface area contributed by atoms with E-state index in [9.17, 15) is 22.8 Å². The summed E-state index contributed by atoms with van der Waals surface area (Å²) >= 11 is 1.53. The first kappa shape index (κ1) is 27.3. The van der Waals surface area contributed by atoms with Crippen molar-refractivity contribution in [3.63, 3.8) is 0 Å². The molecule has 3 unspecified atom stereocenters. The van der Waals surface area contributed by atoms with Crippen LogP contribution in [0.5, 0.6) is 5.75 Å². The molecule has 1 saturated heterocycles. The molecule has 2 aromatic rings. The molecule has 2 amide bonds. The van der Waals surface area contributed by atoms with Crippen molar-refractivity contribution in [3.8, 4) is 5.75 Å². The SMILES string of the molecule is COc1ccc(C2CC2NCSCC(NC(=O)c2ccc(C(F)(F)F)cc2)C(=O)N2CCCCC2)cc1. The highest BCUT2D eigenvalue weighted by Crippen LogP contribution is 2.41. The number of thioether (sulfide) groups is 1. The van der Waals surface area contributed by atoms with Crippen LogP contribution in [-0.4, -0.2) is 60.6 Å². The molecule has 1 heterocycles. The summed E-state index contributed by atoms with van der Waals surface area (Å²) in [6.45, 7) is 1.31. The Labute approximate surface area is 219 Å². The van der Waals surface area contributed by atoms with E-state index < -0.39 is 23.7 Å². The fraction of sp³-hybridized carbons (Fsp3) is 0.481. The molecule has 0 radical (unpaired) electrons. The lowest BCUT2D eigenvalue weighted by molar-refractivity contribution is -0.137. The van der Waals surface area contributed by atoms with Gasteiger partial charge in [-0.05, 0) is 67.6 Å². The first-order valence-corrected chi connectivity index (χ1v) is 13.6. The van der Waals surface area contributed by atoms with E-state index in [4.69, 9.17) is 4.74 Å². The maximum atomic E-state index is 13.2. The van der Waals surface area contributed by atoms with Crippen LogP contribution in [0.4, 0.5) is 13.2 Å². The summed E-state index contributed by atoms with van der Waals surface area (Å²) in [5.41, 5.74) is 0.526. The average Bonchev–Trinajstić information content (AvgIpc) is 3.69. The van der Waals surface area contributed by atoms with Gasteiger partial charge < -0.3 is 20.3 Å². The molecule has 0 bridgehead atoms. The molecule has 1 saturated carbocycles. The van der Waals surface area contributed by atoms with Gasteiger partial charge in [0.1, 0.15) is 11.8 Å². The number of nitrogens with zero attached hydrogens (tertiary/aromatic N) is 1. The predicted octanol–water partition coefficient (Wildman–Crippen LogP) is 4.66. The number of ether oxygens (including phenoxy) is 1. The van der Waals surface area contributed by atoms with Gasteiger partial charge in [0.25, 0.3) is 5.91 Å². The van der Waals surface area contributed by atoms with Gasteiger partial charge in [-0.25, -0.2) is 0 Å². The number of carbonyl (C=O) groups excluding carboxylic acids is 2. The molecule has 3 atom stereocenters. The van der Waals surface area contributed by atoms with Gasteiger partial charge in [-0.15, -0.1) is 11.8 Å². The Kier molecular flexibility index (Phi) is 9.02. The summed E-state index contributed by atoms with van der Waals surface area (Å²) < 4.78 is 43.8. The molecular formula is C27H32F3N3O3S. The van der Waals surface area contributed by atoms with E-state index in [1.165, 1.54) is 17.3 Å². The zero-order valence-electron chi connectivity index (χ0n) is 20.7. The molecular weight excluding hydrogens is 503 g/mol. The third-order valence-corrected chi connectivity index (χ3v) is 7.75.